The second-order valence-electron chi connectivity index (χ2n) is 5.48. The summed E-state index contributed by atoms with van der Waals surface area (Å²) in [4.78, 5) is 24.0. The van der Waals surface area contributed by atoms with Crippen molar-refractivity contribution in [2.24, 2.45) is 0 Å². The van der Waals surface area contributed by atoms with E-state index in [2.05, 4.69) is 11.2 Å². The van der Waals surface area contributed by atoms with Gasteiger partial charge in [-0.05, 0) is 45.0 Å². The lowest BCUT2D eigenvalue weighted by Gasteiger charge is -2.22. The SMILES string of the molecule is C#CCC(NC(=O)OC(C)(C)C)C(=O)c1ccc(F)cc1. The van der Waals surface area contributed by atoms with Crippen molar-refractivity contribution in [1.29, 1.82) is 0 Å². The average molecular weight is 291 g/mol. The number of halogens is 1. The molecule has 0 aromatic heterocycles. The van der Waals surface area contributed by atoms with Gasteiger partial charge in [-0.15, -0.1) is 12.3 Å². The number of terminal acetylenes is 1. The minimum atomic E-state index is -0.907. The van der Waals surface area contributed by atoms with Crippen molar-refractivity contribution in [1.82, 2.24) is 5.32 Å². The van der Waals surface area contributed by atoms with Crippen LogP contribution < -0.4 is 5.32 Å². The first-order valence-corrected chi connectivity index (χ1v) is 6.45. The Labute approximate surface area is 123 Å². The van der Waals surface area contributed by atoms with Gasteiger partial charge in [0, 0.05) is 12.0 Å². The summed E-state index contributed by atoms with van der Waals surface area (Å²) in [6.45, 7) is 5.14. The Morgan fingerprint density at radius 2 is 1.90 bits per heavy atom. The van der Waals surface area contributed by atoms with Crippen LogP contribution in [0.3, 0.4) is 0 Å². The van der Waals surface area contributed by atoms with Crippen LogP contribution in [-0.2, 0) is 4.74 Å². The lowest BCUT2D eigenvalue weighted by Crippen LogP contribution is -2.43. The van der Waals surface area contributed by atoms with Crippen LogP contribution in [0, 0.1) is 18.2 Å². The smallest absolute Gasteiger partial charge is 0.408 e. The van der Waals surface area contributed by atoms with Crippen molar-refractivity contribution in [3.63, 3.8) is 0 Å². The highest BCUT2D eigenvalue weighted by Gasteiger charge is 2.24. The first-order valence-electron chi connectivity index (χ1n) is 6.45. The van der Waals surface area contributed by atoms with Gasteiger partial charge in [0.2, 0.25) is 0 Å². The van der Waals surface area contributed by atoms with E-state index in [1.54, 1.807) is 20.8 Å². The van der Waals surface area contributed by atoms with E-state index < -0.39 is 23.6 Å². The predicted octanol–water partition coefficient (Wildman–Crippen LogP) is 2.93. The van der Waals surface area contributed by atoms with E-state index in [0.717, 1.165) is 0 Å². The molecule has 0 fully saturated rings. The molecule has 1 rings (SSSR count). The van der Waals surface area contributed by atoms with Gasteiger partial charge in [-0.1, -0.05) is 0 Å². The number of amides is 1. The monoisotopic (exact) mass is 291 g/mol. The van der Waals surface area contributed by atoms with Gasteiger partial charge in [-0.3, -0.25) is 4.79 Å². The molecule has 0 spiro atoms. The summed E-state index contributed by atoms with van der Waals surface area (Å²) in [6.07, 6.45) is 4.52. The number of carbonyl (C=O) groups excluding carboxylic acids is 2. The van der Waals surface area contributed by atoms with Gasteiger partial charge in [-0.25, -0.2) is 9.18 Å². The summed E-state index contributed by atoms with van der Waals surface area (Å²) >= 11 is 0. The number of benzene rings is 1. The number of carbonyl (C=O) groups is 2. The second-order valence-corrected chi connectivity index (χ2v) is 5.48. The minimum absolute atomic E-state index is 0.0233. The van der Waals surface area contributed by atoms with Crippen molar-refractivity contribution in [3.05, 3.63) is 35.6 Å². The predicted molar refractivity (Wildman–Crippen MR) is 77.3 cm³/mol. The zero-order chi connectivity index (χ0) is 16.0. The van der Waals surface area contributed by atoms with E-state index in [0.29, 0.717) is 0 Å². The van der Waals surface area contributed by atoms with Crippen LogP contribution in [-0.4, -0.2) is 23.5 Å². The number of nitrogens with one attached hydrogen (secondary N) is 1. The third-order valence-corrected chi connectivity index (χ3v) is 2.46. The van der Waals surface area contributed by atoms with E-state index in [1.165, 1.54) is 24.3 Å². The lowest BCUT2D eigenvalue weighted by atomic mass is 10.0. The molecule has 1 N–H and O–H groups in total. The van der Waals surface area contributed by atoms with Gasteiger partial charge in [0.1, 0.15) is 17.5 Å². The Morgan fingerprint density at radius 3 is 2.38 bits per heavy atom. The van der Waals surface area contributed by atoms with Crippen molar-refractivity contribution in [2.75, 3.05) is 0 Å². The van der Waals surface area contributed by atoms with Crippen LogP contribution in [0.4, 0.5) is 9.18 Å². The van der Waals surface area contributed by atoms with Crippen LogP contribution in [0.5, 0.6) is 0 Å². The standard InChI is InChI=1S/C16H18FNO3/c1-5-6-13(18-15(20)21-16(2,3)4)14(19)11-7-9-12(17)10-8-11/h1,7-10,13H,6H2,2-4H3,(H,18,20). The van der Waals surface area contributed by atoms with E-state index in [1.807, 2.05) is 0 Å². The lowest BCUT2D eigenvalue weighted by molar-refractivity contribution is 0.0493. The van der Waals surface area contributed by atoms with Gasteiger partial charge >= 0.3 is 6.09 Å². The Hall–Kier alpha value is -2.35. The number of ketones is 1. The summed E-state index contributed by atoms with van der Waals surface area (Å²) in [5.41, 5.74) is -0.406. The van der Waals surface area contributed by atoms with Crippen LogP contribution >= 0.6 is 0 Å². The molecule has 0 aliphatic carbocycles. The van der Waals surface area contributed by atoms with E-state index in [4.69, 9.17) is 11.2 Å². The quantitative estimate of drug-likeness (QED) is 0.685. The molecular weight excluding hydrogens is 273 g/mol. The summed E-state index contributed by atoms with van der Waals surface area (Å²) in [7, 11) is 0. The highest BCUT2D eigenvalue weighted by atomic mass is 19.1. The highest BCUT2D eigenvalue weighted by molar-refractivity contribution is 6.01. The van der Waals surface area contributed by atoms with Crippen LogP contribution in [0.25, 0.3) is 0 Å². The first kappa shape index (κ1) is 16.7. The molecule has 0 aliphatic rings. The molecule has 1 aromatic carbocycles. The molecule has 1 atom stereocenters. The third-order valence-electron chi connectivity index (χ3n) is 2.46. The van der Waals surface area contributed by atoms with Crippen molar-refractivity contribution < 1.29 is 18.7 Å². The maximum absolute atomic E-state index is 12.9. The number of hydrogen-bond acceptors (Lipinski definition) is 3. The molecule has 0 bridgehead atoms. The normalized spacial score (nSPS) is 12.1. The maximum Gasteiger partial charge on any atom is 0.408 e. The Morgan fingerprint density at radius 1 is 1.33 bits per heavy atom. The largest absolute Gasteiger partial charge is 0.444 e. The third kappa shape index (κ3) is 5.65. The number of ether oxygens (including phenoxy) is 1. The highest BCUT2D eigenvalue weighted by Crippen LogP contribution is 2.10. The topological polar surface area (TPSA) is 55.4 Å². The molecule has 0 saturated carbocycles. The van der Waals surface area contributed by atoms with Gasteiger partial charge in [0.05, 0.1) is 0 Å². The summed E-state index contributed by atoms with van der Waals surface area (Å²) in [5.74, 6) is 1.50. The van der Waals surface area contributed by atoms with Crippen LogP contribution in [0.1, 0.15) is 37.6 Å². The van der Waals surface area contributed by atoms with E-state index in [-0.39, 0.29) is 17.8 Å². The molecule has 112 valence electrons. The Balaban J connectivity index is 2.82. The molecule has 5 heteroatoms. The van der Waals surface area contributed by atoms with Crippen molar-refractivity contribution >= 4 is 11.9 Å². The molecule has 0 aliphatic heterocycles. The van der Waals surface area contributed by atoms with Gasteiger partial charge in [0.25, 0.3) is 0 Å². The summed E-state index contributed by atoms with van der Waals surface area (Å²) in [5, 5.41) is 2.44. The first-order chi connectivity index (χ1) is 9.73. The molecule has 21 heavy (non-hydrogen) atoms. The van der Waals surface area contributed by atoms with Gasteiger partial charge in [-0.2, -0.15) is 0 Å². The van der Waals surface area contributed by atoms with Gasteiger partial charge in [0.15, 0.2) is 5.78 Å². The zero-order valence-electron chi connectivity index (χ0n) is 12.3. The minimum Gasteiger partial charge on any atom is -0.444 e. The van der Waals surface area contributed by atoms with Crippen molar-refractivity contribution in [2.45, 2.75) is 38.8 Å². The molecule has 1 amide bonds. The van der Waals surface area contributed by atoms with E-state index >= 15 is 0 Å². The Bertz CT molecular complexity index is 552. The van der Waals surface area contributed by atoms with E-state index in [9.17, 15) is 14.0 Å². The number of alkyl carbamates (subject to hydrolysis) is 1. The van der Waals surface area contributed by atoms with Crippen molar-refractivity contribution in [3.8, 4) is 12.3 Å². The fraction of sp³-hybridized carbons (Fsp3) is 0.375. The van der Waals surface area contributed by atoms with Crippen LogP contribution in [0.2, 0.25) is 0 Å². The number of hydrogen-bond donors (Lipinski definition) is 1. The molecule has 0 saturated heterocycles. The maximum atomic E-state index is 12.9. The van der Waals surface area contributed by atoms with Gasteiger partial charge < -0.3 is 10.1 Å². The Kier molecular flexibility index (Phi) is 5.48. The van der Waals surface area contributed by atoms with Crippen LogP contribution in [0.15, 0.2) is 24.3 Å². The number of rotatable bonds is 4. The zero-order valence-corrected chi connectivity index (χ0v) is 12.3. The number of Topliss-reactive ketones (excluding diaryl/α,β-unsaturated/α-hetero) is 1. The average Bonchev–Trinajstić information content (AvgIpc) is 2.36. The second kappa shape index (κ2) is 6.89. The molecule has 1 unspecified atom stereocenters. The molecule has 4 nitrogen and oxygen atoms in total. The molecule has 0 radical (unpaired) electrons. The fourth-order valence-electron chi connectivity index (χ4n) is 1.59. The molecule has 0 heterocycles. The fourth-order valence-corrected chi connectivity index (χ4v) is 1.59. The molecular formula is C16H18FNO3. The summed E-state index contributed by atoms with van der Waals surface area (Å²) < 4.78 is 18.0. The molecule has 1 aromatic rings. The summed E-state index contributed by atoms with van der Waals surface area (Å²) in [6, 6.07) is 4.13.